The van der Waals surface area contributed by atoms with Crippen molar-refractivity contribution in [3.63, 3.8) is 0 Å². The Hall–Kier alpha value is -2.49. The molecule has 0 unspecified atom stereocenters. The molecule has 0 aliphatic carbocycles. The molecule has 0 amide bonds. The molecule has 4 heteroatoms. The fourth-order valence-electron chi connectivity index (χ4n) is 1.95. The molecule has 0 bridgehead atoms. The first-order chi connectivity index (χ1) is 9.31. The molecule has 19 heavy (non-hydrogen) atoms. The van der Waals surface area contributed by atoms with Crippen LogP contribution in [0.3, 0.4) is 0 Å². The molecule has 0 spiro atoms. The lowest BCUT2D eigenvalue weighted by molar-refractivity contribution is 0.474. The Labute approximate surface area is 110 Å². The molecular formula is C15H14N2O2. The summed E-state index contributed by atoms with van der Waals surface area (Å²) in [6.07, 6.45) is 0.908. The van der Waals surface area contributed by atoms with Gasteiger partial charge in [-0.05, 0) is 24.1 Å². The molecule has 3 rings (SSSR count). The van der Waals surface area contributed by atoms with Gasteiger partial charge in [0.2, 0.25) is 0 Å². The molecule has 4 nitrogen and oxygen atoms in total. The van der Waals surface area contributed by atoms with Gasteiger partial charge in [0.05, 0.1) is 0 Å². The van der Waals surface area contributed by atoms with Crippen LogP contribution in [0.4, 0.5) is 6.01 Å². The summed E-state index contributed by atoms with van der Waals surface area (Å²) in [5.74, 6) is 0.180. The second-order valence-electron chi connectivity index (χ2n) is 4.33. The fourth-order valence-corrected chi connectivity index (χ4v) is 1.95. The largest absolute Gasteiger partial charge is 0.508 e. The Morgan fingerprint density at radius 2 is 1.95 bits per heavy atom. The summed E-state index contributed by atoms with van der Waals surface area (Å²) in [7, 11) is 0. The van der Waals surface area contributed by atoms with Crippen molar-refractivity contribution < 1.29 is 9.52 Å². The summed E-state index contributed by atoms with van der Waals surface area (Å²) >= 11 is 0. The summed E-state index contributed by atoms with van der Waals surface area (Å²) in [6, 6.07) is 15.6. The van der Waals surface area contributed by atoms with Crippen molar-refractivity contribution in [3.05, 3.63) is 54.1 Å². The van der Waals surface area contributed by atoms with Crippen LogP contribution in [0.2, 0.25) is 0 Å². The second-order valence-corrected chi connectivity index (χ2v) is 4.33. The van der Waals surface area contributed by atoms with Crippen molar-refractivity contribution in [2.24, 2.45) is 0 Å². The summed E-state index contributed by atoms with van der Waals surface area (Å²) in [5.41, 5.74) is 2.59. The van der Waals surface area contributed by atoms with Gasteiger partial charge in [-0.25, -0.2) is 0 Å². The van der Waals surface area contributed by atoms with Gasteiger partial charge in [0.15, 0.2) is 5.58 Å². The molecule has 3 aromatic rings. The number of rotatable bonds is 4. The number of phenolic OH excluding ortho intramolecular Hbond substituents is 1. The summed E-state index contributed by atoms with van der Waals surface area (Å²) in [5, 5.41) is 12.5. The summed E-state index contributed by atoms with van der Waals surface area (Å²) in [4.78, 5) is 4.30. The Morgan fingerprint density at radius 1 is 1.11 bits per heavy atom. The van der Waals surface area contributed by atoms with E-state index >= 15 is 0 Å². The molecular weight excluding hydrogens is 240 g/mol. The van der Waals surface area contributed by atoms with Crippen molar-refractivity contribution in [1.29, 1.82) is 0 Å². The minimum absolute atomic E-state index is 0.180. The first kappa shape index (κ1) is 11.6. The van der Waals surface area contributed by atoms with Gasteiger partial charge in [-0.3, -0.25) is 0 Å². The number of anilines is 1. The summed E-state index contributed by atoms with van der Waals surface area (Å²) in [6.45, 7) is 0.753. The fraction of sp³-hybridized carbons (Fsp3) is 0.133. The van der Waals surface area contributed by atoms with E-state index < -0.39 is 0 Å². The number of hydrogen-bond donors (Lipinski definition) is 2. The van der Waals surface area contributed by atoms with Gasteiger partial charge in [0.25, 0.3) is 6.01 Å². The maximum atomic E-state index is 9.36. The average molecular weight is 254 g/mol. The maximum absolute atomic E-state index is 9.36. The molecule has 0 aliphatic heterocycles. The lowest BCUT2D eigenvalue weighted by atomic mass is 10.1. The smallest absolute Gasteiger partial charge is 0.295 e. The van der Waals surface area contributed by atoms with Gasteiger partial charge >= 0.3 is 0 Å². The van der Waals surface area contributed by atoms with E-state index in [1.54, 1.807) is 18.2 Å². The van der Waals surface area contributed by atoms with E-state index in [0.717, 1.165) is 18.5 Å². The van der Waals surface area contributed by atoms with E-state index in [1.807, 2.05) is 18.2 Å². The molecule has 0 saturated heterocycles. The zero-order valence-corrected chi connectivity index (χ0v) is 10.3. The van der Waals surface area contributed by atoms with Crippen LogP contribution in [0.15, 0.2) is 52.9 Å². The Morgan fingerprint density at radius 3 is 2.79 bits per heavy atom. The van der Waals surface area contributed by atoms with Crippen LogP contribution in [0.1, 0.15) is 5.56 Å². The van der Waals surface area contributed by atoms with Crippen LogP contribution in [0.25, 0.3) is 11.1 Å². The van der Waals surface area contributed by atoms with Gasteiger partial charge in [-0.15, -0.1) is 0 Å². The zero-order valence-electron chi connectivity index (χ0n) is 10.3. The van der Waals surface area contributed by atoms with Crippen LogP contribution in [-0.2, 0) is 6.42 Å². The van der Waals surface area contributed by atoms with Crippen LogP contribution in [0.5, 0.6) is 5.75 Å². The van der Waals surface area contributed by atoms with Crippen molar-refractivity contribution in [3.8, 4) is 5.75 Å². The molecule has 0 fully saturated rings. The first-order valence-corrected chi connectivity index (χ1v) is 6.18. The third-order valence-electron chi connectivity index (χ3n) is 2.90. The molecule has 0 aliphatic rings. The highest BCUT2D eigenvalue weighted by Crippen LogP contribution is 2.22. The normalized spacial score (nSPS) is 10.7. The van der Waals surface area contributed by atoms with E-state index in [-0.39, 0.29) is 5.75 Å². The van der Waals surface area contributed by atoms with Crippen LogP contribution >= 0.6 is 0 Å². The standard InChI is InChI=1S/C15H14N2O2/c18-12-6-7-13-14(10-12)19-15(17-13)16-9-8-11-4-2-1-3-5-11/h1-7,10,18H,8-9H2,(H,16,17). The number of benzene rings is 2. The number of nitrogens with one attached hydrogen (secondary N) is 1. The SMILES string of the molecule is Oc1ccc2nc(NCCc3ccccc3)oc2c1. The summed E-state index contributed by atoms with van der Waals surface area (Å²) < 4.78 is 5.50. The molecule has 2 aromatic carbocycles. The van der Waals surface area contributed by atoms with Gasteiger partial charge in [-0.1, -0.05) is 30.3 Å². The monoisotopic (exact) mass is 254 g/mol. The van der Waals surface area contributed by atoms with Crippen molar-refractivity contribution >= 4 is 17.1 Å². The Kier molecular flexibility index (Phi) is 3.06. The minimum Gasteiger partial charge on any atom is -0.508 e. The predicted molar refractivity (Wildman–Crippen MR) is 74.3 cm³/mol. The van der Waals surface area contributed by atoms with E-state index in [0.29, 0.717) is 11.6 Å². The quantitative estimate of drug-likeness (QED) is 0.750. The lowest BCUT2D eigenvalue weighted by Crippen LogP contribution is -2.04. The molecule has 0 atom stereocenters. The number of phenols is 1. The highest BCUT2D eigenvalue weighted by Gasteiger charge is 2.05. The number of aromatic hydroxyl groups is 1. The first-order valence-electron chi connectivity index (χ1n) is 6.18. The molecule has 1 heterocycles. The van der Waals surface area contributed by atoms with E-state index in [2.05, 4.69) is 22.4 Å². The molecule has 0 radical (unpaired) electrons. The Bertz CT molecular complexity index is 677. The highest BCUT2D eigenvalue weighted by molar-refractivity contribution is 5.75. The average Bonchev–Trinajstić information content (AvgIpc) is 2.82. The number of oxazole rings is 1. The van der Waals surface area contributed by atoms with Crippen LogP contribution < -0.4 is 5.32 Å². The van der Waals surface area contributed by atoms with Gasteiger partial charge < -0.3 is 14.8 Å². The van der Waals surface area contributed by atoms with Crippen molar-refractivity contribution in [2.45, 2.75) is 6.42 Å². The molecule has 96 valence electrons. The number of fused-ring (bicyclic) bond motifs is 1. The van der Waals surface area contributed by atoms with Crippen molar-refractivity contribution in [1.82, 2.24) is 4.98 Å². The second kappa shape index (κ2) is 5.02. The van der Waals surface area contributed by atoms with Gasteiger partial charge in [0.1, 0.15) is 11.3 Å². The third-order valence-corrected chi connectivity index (χ3v) is 2.90. The third kappa shape index (κ3) is 2.68. The Balaban J connectivity index is 1.65. The van der Waals surface area contributed by atoms with Crippen molar-refractivity contribution in [2.75, 3.05) is 11.9 Å². The number of hydrogen-bond acceptors (Lipinski definition) is 4. The molecule has 0 saturated carbocycles. The van der Waals surface area contributed by atoms with E-state index in [4.69, 9.17) is 4.42 Å². The van der Waals surface area contributed by atoms with Gasteiger partial charge in [0, 0.05) is 12.6 Å². The van der Waals surface area contributed by atoms with Crippen LogP contribution in [0, 0.1) is 0 Å². The lowest BCUT2D eigenvalue weighted by Gasteiger charge is -2.01. The topological polar surface area (TPSA) is 58.3 Å². The minimum atomic E-state index is 0.180. The number of aromatic nitrogens is 1. The van der Waals surface area contributed by atoms with E-state index in [9.17, 15) is 5.11 Å². The zero-order chi connectivity index (χ0) is 13.1. The number of nitrogens with zero attached hydrogens (tertiary/aromatic N) is 1. The highest BCUT2D eigenvalue weighted by atomic mass is 16.4. The maximum Gasteiger partial charge on any atom is 0.295 e. The van der Waals surface area contributed by atoms with E-state index in [1.165, 1.54) is 5.56 Å². The van der Waals surface area contributed by atoms with Crippen LogP contribution in [-0.4, -0.2) is 16.6 Å². The van der Waals surface area contributed by atoms with Gasteiger partial charge in [-0.2, -0.15) is 4.98 Å². The predicted octanol–water partition coefficient (Wildman–Crippen LogP) is 3.19. The molecule has 1 aromatic heterocycles. The molecule has 2 N–H and O–H groups in total.